The Bertz CT molecular complexity index is 1520. The summed E-state index contributed by atoms with van der Waals surface area (Å²) in [5.41, 5.74) is 3.15. The molecule has 212 valence electrons. The van der Waals surface area contributed by atoms with Gasteiger partial charge in [0.25, 0.3) is 0 Å². The van der Waals surface area contributed by atoms with E-state index in [0.717, 1.165) is 5.56 Å². The van der Waals surface area contributed by atoms with E-state index in [-0.39, 0.29) is 40.0 Å². The number of hydrogen-bond acceptors (Lipinski definition) is 4. The van der Waals surface area contributed by atoms with Gasteiger partial charge in [0.05, 0.1) is 17.6 Å². The Kier molecular flexibility index (Phi) is 9.42. The second-order valence-electron chi connectivity index (χ2n) is 9.97. The second kappa shape index (κ2) is 13.2. The van der Waals surface area contributed by atoms with Crippen molar-refractivity contribution in [3.05, 3.63) is 136 Å². The molecule has 1 aliphatic rings. The van der Waals surface area contributed by atoms with Crippen molar-refractivity contribution in [3.8, 4) is 0 Å². The zero-order valence-corrected chi connectivity index (χ0v) is 24.8. The molecule has 0 saturated carbocycles. The van der Waals surface area contributed by atoms with E-state index in [1.165, 1.54) is 33.6 Å². The summed E-state index contributed by atoms with van der Waals surface area (Å²) < 4.78 is 28.8. The highest BCUT2D eigenvalue weighted by Crippen LogP contribution is 2.31. The van der Waals surface area contributed by atoms with E-state index in [1.807, 2.05) is 66.7 Å². The fourth-order valence-corrected chi connectivity index (χ4v) is 7.31. The topological polar surface area (TPSA) is 60.9 Å². The summed E-state index contributed by atoms with van der Waals surface area (Å²) in [6.45, 7) is 2.03. The highest BCUT2D eigenvalue weighted by atomic mass is 35.5. The molecule has 0 N–H and O–H groups in total. The normalized spacial score (nSPS) is 14.5. The van der Waals surface area contributed by atoms with Crippen molar-refractivity contribution in [2.75, 3.05) is 32.7 Å². The monoisotopic (exact) mass is 607 g/mol. The molecule has 1 aliphatic heterocycles. The summed E-state index contributed by atoms with van der Waals surface area (Å²) in [5.74, 6) is -0.252. The minimum Gasteiger partial charge on any atom is -0.339 e. The van der Waals surface area contributed by atoms with Crippen molar-refractivity contribution in [1.29, 1.82) is 0 Å². The van der Waals surface area contributed by atoms with Crippen LogP contribution >= 0.6 is 23.2 Å². The Balaban J connectivity index is 1.34. The highest BCUT2D eigenvalue weighted by molar-refractivity contribution is 7.89. The van der Waals surface area contributed by atoms with E-state index in [4.69, 9.17) is 23.2 Å². The van der Waals surface area contributed by atoms with Gasteiger partial charge in [-0.25, -0.2) is 8.42 Å². The molecule has 0 bridgehead atoms. The molecule has 0 spiro atoms. The molecule has 5 rings (SSSR count). The van der Waals surface area contributed by atoms with E-state index in [1.54, 1.807) is 4.90 Å². The zero-order chi connectivity index (χ0) is 28.8. The predicted octanol–water partition coefficient (Wildman–Crippen LogP) is 6.12. The van der Waals surface area contributed by atoms with Gasteiger partial charge in [-0.3, -0.25) is 9.69 Å². The summed E-state index contributed by atoms with van der Waals surface area (Å²) in [7, 11) is -4.12. The van der Waals surface area contributed by atoms with Crippen molar-refractivity contribution in [2.24, 2.45) is 0 Å². The molecule has 41 heavy (non-hydrogen) atoms. The van der Waals surface area contributed by atoms with Crippen molar-refractivity contribution < 1.29 is 13.2 Å². The fourth-order valence-electron chi connectivity index (χ4n) is 5.19. The SMILES string of the molecule is O=C(CN(Cc1ccccc1)S(=O)(=O)c1cc(Cl)ccc1Cl)N1CCN(C(c2ccccc2)c2ccccc2)CC1. The maximum atomic E-state index is 13.8. The molecule has 0 atom stereocenters. The predicted molar refractivity (Wildman–Crippen MR) is 163 cm³/mol. The van der Waals surface area contributed by atoms with Crippen molar-refractivity contribution >= 4 is 39.1 Å². The Morgan fingerprint density at radius 2 is 1.29 bits per heavy atom. The van der Waals surface area contributed by atoms with Gasteiger partial charge < -0.3 is 4.90 Å². The summed E-state index contributed by atoms with van der Waals surface area (Å²) in [6.07, 6.45) is 0. The molecule has 1 amide bonds. The minimum absolute atomic E-state index is 0.0296. The largest absolute Gasteiger partial charge is 0.339 e. The average Bonchev–Trinajstić information content (AvgIpc) is 3.00. The van der Waals surface area contributed by atoms with Crippen molar-refractivity contribution in [2.45, 2.75) is 17.5 Å². The zero-order valence-electron chi connectivity index (χ0n) is 22.4. The van der Waals surface area contributed by atoms with Crippen LogP contribution in [-0.4, -0.2) is 61.2 Å². The van der Waals surface area contributed by atoms with Crippen LogP contribution in [0.2, 0.25) is 10.0 Å². The van der Waals surface area contributed by atoms with Gasteiger partial charge >= 0.3 is 0 Å². The standard InChI is InChI=1S/C32H31Cl2N3O3S/c33-28-16-17-29(34)30(22-28)41(39,40)37(23-25-10-4-1-5-11-25)24-31(38)35-18-20-36(21-19-35)32(26-12-6-2-7-13-26)27-14-8-3-9-15-27/h1-17,22,32H,18-21,23-24H2. The van der Waals surface area contributed by atoms with Crippen molar-refractivity contribution in [1.82, 2.24) is 14.1 Å². The number of carbonyl (C=O) groups excluding carboxylic acids is 1. The van der Waals surface area contributed by atoms with Crippen LogP contribution < -0.4 is 0 Å². The quantitative estimate of drug-likeness (QED) is 0.230. The van der Waals surface area contributed by atoms with Crippen LogP contribution in [0.1, 0.15) is 22.7 Å². The smallest absolute Gasteiger partial charge is 0.245 e. The summed E-state index contributed by atoms with van der Waals surface area (Å²) in [5, 5.41) is 0.308. The molecule has 0 aromatic heterocycles. The van der Waals surface area contributed by atoms with Gasteiger partial charge in [-0.2, -0.15) is 4.31 Å². The first-order valence-electron chi connectivity index (χ1n) is 13.4. The fraction of sp³-hybridized carbons (Fsp3) is 0.219. The molecule has 0 unspecified atom stereocenters. The third-order valence-electron chi connectivity index (χ3n) is 7.29. The van der Waals surface area contributed by atoms with Gasteiger partial charge in [-0.1, -0.05) is 114 Å². The minimum atomic E-state index is -4.12. The van der Waals surface area contributed by atoms with Crippen LogP contribution in [-0.2, 0) is 21.4 Å². The number of amides is 1. The van der Waals surface area contributed by atoms with Crippen LogP contribution in [0.25, 0.3) is 0 Å². The summed E-state index contributed by atoms with van der Waals surface area (Å²) in [4.78, 5) is 17.6. The molecule has 0 aliphatic carbocycles. The van der Waals surface area contributed by atoms with Gasteiger partial charge in [0.1, 0.15) is 4.90 Å². The highest BCUT2D eigenvalue weighted by Gasteiger charge is 2.33. The third-order valence-corrected chi connectivity index (χ3v) is 9.80. The molecule has 6 nitrogen and oxygen atoms in total. The first kappa shape index (κ1) is 29.3. The number of nitrogens with zero attached hydrogens (tertiary/aromatic N) is 3. The number of carbonyl (C=O) groups is 1. The number of hydrogen-bond donors (Lipinski definition) is 0. The number of sulfonamides is 1. The summed E-state index contributed by atoms with van der Waals surface area (Å²) >= 11 is 12.4. The van der Waals surface area contributed by atoms with Gasteiger partial charge in [0, 0.05) is 37.7 Å². The van der Waals surface area contributed by atoms with Crippen LogP contribution in [0.15, 0.2) is 114 Å². The third kappa shape index (κ3) is 7.00. The van der Waals surface area contributed by atoms with E-state index >= 15 is 0 Å². The molecule has 1 heterocycles. The Morgan fingerprint density at radius 3 is 1.85 bits per heavy atom. The Hall–Kier alpha value is -3.20. The summed E-state index contributed by atoms with van der Waals surface area (Å²) in [6, 6.07) is 34.3. The molecule has 4 aromatic rings. The lowest BCUT2D eigenvalue weighted by molar-refractivity contribution is -0.133. The van der Waals surface area contributed by atoms with E-state index in [0.29, 0.717) is 26.2 Å². The molecular weight excluding hydrogens is 577 g/mol. The first-order chi connectivity index (χ1) is 19.8. The lowest BCUT2D eigenvalue weighted by Crippen LogP contribution is -2.52. The number of benzene rings is 4. The Morgan fingerprint density at radius 1 is 0.756 bits per heavy atom. The molecular formula is C32H31Cl2N3O3S. The van der Waals surface area contributed by atoms with Gasteiger partial charge in [0.2, 0.25) is 15.9 Å². The van der Waals surface area contributed by atoms with Crippen LogP contribution in [0.4, 0.5) is 0 Å². The van der Waals surface area contributed by atoms with Crippen LogP contribution in [0, 0.1) is 0 Å². The molecule has 4 aromatic carbocycles. The average molecular weight is 609 g/mol. The van der Waals surface area contributed by atoms with Crippen LogP contribution in [0.3, 0.4) is 0 Å². The lowest BCUT2D eigenvalue weighted by atomic mass is 9.96. The Labute approximate surface area is 251 Å². The number of rotatable bonds is 9. The van der Waals surface area contributed by atoms with Crippen molar-refractivity contribution in [3.63, 3.8) is 0 Å². The molecule has 1 fully saturated rings. The molecule has 1 saturated heterocycles. The maximum absolute atomic E-state index is 13.8. The molecule has 9 heteroatoms. The maximum Gasteiger partial charge on any atom is 0.245 e. The van der Waals surface area contributed by atoms with E-state index in [2.05, 4.69) is 29.2 Å². The van der Waals surface area contributed by atoms with Gasteiger partial charge in [-0.05, 0) is 34.9 Å². The first-order valence-corrected chi connectivity index (χ1v) is 15.6. The number of piperazine rings is 1. The van der Waals surface area contributed by atoms with E-state index in [9.17, 15) is 13.2 Å². The lowest BCUT2D eigenvalue weighted by Gasteiger charge is -2.40. The van der Waals surface area contributed by atoms with Crippen LogP contribution in [0.5, 0.6) is 0 Å². The number of halogens is 2. The van der Waals surface area contributed by atoms with E-state index < -0.39 is 10.0 Å². The van der Waals surface area contributed by atoms with Gasteiger partial charge in [-0.15, -0.1) is 0 Å². The second-order valence-corrected chi connectivity index (χ2v) is 12.7. The molecule has 0 radical (unpaired) electrons. The van der Waals surface area contributed by atoms with Gasteiger partial charge in [0.15, 0.2) is 0 Å².